The molecule has 20 heavy (non-hydrogen) atoms. The van der Waals surface area contributed by atoms with Crippen molar-refractivity contribution in [2.45, 2.75) is 39.2 Å². The van der Waals surface area contributed by atoms with Gasteiger partial charge in [-0.15, -0.1) is 0 Å². The zero-order valence-electron chi connectivity index (χ0n) is 12.9. The molecule has 1 aromatic rings. The number of hydrogen-bond acceptors (Lipinski definition) is 3. The van der Waals surface area contributed by atoms with Crippen LogP contribution < -0.4 is 10.1 Å². The summed E-state index contributed by atoms with van der Waals surface area (Å²) in [7, 11) is 1.76. The van der Waals surface area contributed by atoms with Gasteiger partial charge >= 0.3 is 0 Å². The summed E-state index contributed by atoms with van der Waals surface area (Å²) in [6.07, 6.45) is 3.52. The number of aryl methyl sites for hydroxylation is 1. The molecule has 1 aliphatic heterocycles. The number of nitrogens with one attached hydrogen (secondary N) is 1. The van der Waals surface area contributed by atoms with Crippen molar-refractivity contribution in [3.8, 4) is 5.75 Å². The SMILES string of the molecule is CCNC(CC1CCOCC1)c1cc(C)ccc1OC. The largest absolute Gasteiger partial charge is 0.496 e. The van der Waals surface area contributed by atoms with E-state index in [1.54, 1.807) is 7.11 Å². The minimum Gasteiger partial charge on any atom is -0.496 e. The average Bonchev–Trinajstić information content (AvgIpc) is 2.48. The Kier molecular flexibility index (Phi) is 5.86. The number of ether oxygens (including phenoxy) is 2. The molecule has 0 saturated carbocycles. The van der Waals surface area contributed by atoms with Gasteiger partial charge in [-0.1, -0.05) is 24.6 Å². The van der Waals surface area contributed by atoms with Gasteiger partial charge in [0, 0.05) is 24.8 Å². The van der Waals surface area contributed by atoms with E-state index in [4.69, 9.17) is 9.47 Å². The van der Waals surface area contributed by atoms with Gasteiger partial charge in [-0.3, -0.25) is 0 Å². The van der Waals surface area contributed by atoms with Crippen molar-refractivity contribution in [1.29, 1.82) is 0 Å². The molecule has 0 aliphatic carbocycles. The van der Waals surface area contributed by atoms with E-state index in [1.165, 1.54) is 24.0 Å². The minimum absolute atomic E-state index is 0.373. The van der Waals surface area contributed by atoms with Gasteiger partial charge in [0.15, 0.2) is 0 Å². The Morgan fingerprint density at radius 3 is 2.75 bits per heavy atom. The van der Waals surface area contributed by atoms with Crippen molar-refractivity contribution in [2.24, 2.45) is 5.92 Å². The van der Waals surface area contributed by atoms with Gasteiger partial charge in [-0.05, 0) is 44.7 Å². The van der Waals surface area contributed by atoms with Gasteiger partial charge in [0.2, 0.25) is 0 Å². The van der Waals surface area contributed by atoms with Crippen LogP contribution in [0.25, 0.3) is 0 Å². The van der Waals surface area contributed by atoms with E-state index in [0.29, 0.717) is 6.04 Å². The van der Waals surface area contributed by atoms with Crippen LogP contribution in [-0.2, 0) is 4.74 Å². The minimum atomic E-state index is 0.373. The average molecular weight is 277 g/mol. The van der Waals surface area contributed by atoms with E-state index in [1.807, 2.05) is 0 Å². The summed E-state index contributed by atoms with van der Waals surface area (Å²) >= 11 is 0. The molecule has 1 unspecified atom stereocenters. The molecular weight excluding hydrogens is 250 g/mol. The van der Waals surface area contributed by atoms with Crippen LogP contribution in [0.3, 0.4) is 0 Å². The molecule has 0 radical (unpaired) electrons. The van der Waals surface area contributed by atoms with Crippen LogP contribution in [0.5, 0.6) is 5.75 Å². The molecule has 1 heterocycles. The van der Waals surface area contributed by atoms with Crippen LogP contribution >= 0.6 is 0 Å². The van der Waals surface area contributed by atoms with Gasteiger partial charge in [-0.25, -0.2) is 0 Å². The van der Waals surface area contributed by atoms with Gasteiger partial charge in [0.05, 0.1) is 7.11 Å². The Balaban J connectivity index is 2.16. The second-order valence-corrected chi connectivity index (χ2v) is 5.65. The summed E-state index contributed by atoms with van der Waals surface area (Å²) in [5, 5.41) is 3.63. The van der Waals surface area contributed by atoms with Gasteiger partial charge in [0.25, 0.3) is 0 Å². The van der Waals surface area contributed by atoms with E-state index < -0.39 is 0 Å². The van der Waals surface area contributed by atoms with E-state index in [0.717, 1.165) is 37.8 Å². The fourth-order valence-corrected chi connectivity index (χ4v) is 3.01. The maximum absolute atomic E-state index is 5.55. The van der Waals surface area contributed by atoms with Crippen molar-refractivity contribution < 1.29 is 9.47 Å². The Morgan fingerprint density at radius 1 is 1.35 bits per heavy atom. The lowest BCUT2D eigenvalue weighted by Crippen LogP contribution is -2.26. The van der Waals surface area contributed by atoms with Crippen molar-refractivity contribution in [1.82, 2.24) is 5.32 Å². The maximum Gasteiger partial charge on any atom is 0.123 e. The van der Waals surface area contributed by atoms with E-state index >= 15 is 0 Å². The molecule has 3 nitrogen and oxygen atoms in total. The topological polar surface area (TPSA) is 30.5 Å². The molecule has 2 rings (SSSR count). The van der Waals surface area contributed by atoms with Gasteiger partial charge < -0.3 is 14.8 Å². The van der Waals surface area contributed by atoms with Gasteiger partial charge in [-0.2, -0.15) is 0 Å². The van der Waals surface area contributed by atoms with Crippen LogP contribution in [-0.4, -0.2) is 26.9 Å². The first kappa shape index (κ1) is 15.3. The van der Waals surface area contributed by atoms with E-state index in [9.17, 15) is 0 Å². The van der Waals surface area contributed by atoms with Gasteiger partial charge in [0.1, 0.15) is 5.75 Å². The summed E-state index contributed by atoms with van der Waals surface area (Å²) in [5.74, 6) is 1.74. The number of rotatable bonds is 6. The summed E-state index contributed by atoms with van der Waals surface area (Å²) in [6, 6.07) is 6.82. The summed E-state index contributed by atoms with van der Waals surface area (Å²) in [6.45, 7) is 7.10. The smallest absolute Gasteiger partial charge is 0.123 e. The summed E-state index contributed by atoms with van der Waals surface area (Å²) < 4.78 is 11.0. The second-order valence-electron chi connectivity index (χ2n) is 5.65. The lowest BCUT2D eigenvalue weighted by molar-refractivity contribution is 0.0605. The molecule has 1 saturated heterocycles. The molecule has 0 bridgehead atoms. The van der Waals surface area contributed by atoms with E-state index in [-0.39, 0.29) is 0 Å². The normalized spacial score (nSPS) is 17.9. The number of hydrogen-bond donors (Lipinski definition) is 1. The Hall–Kier alpha value is -1.06. The summed E-state index contributed by atoms with van der Waals surface area (Å²) in [4.78, 5) is 0. The fourth-order valence-electron chi connectivity index (χ4n) is 3.01. The zero-order valence-corrected chi connectivity index (χ0v) is 12.9. The Labute approximate surface area is 122 Å². The predicted molar refractivity (Wildman–Crippen MR) is 82.3 cm³/mol. The maximum atomic E-state index is 5.55. The quantitative estimate of drug-likeness (QED) is 0.863. The number of methoxy groups -OCH3 is 1. The lowest BCUT2D eigenvalue weighted by Gasteiger charge is -2.28. The van der Waals surface area contributed by atoms with Crippen molar-refractivity contribution in [3.63, 3.8) is 0 Å². The van der Waals surface area contributed by atoms with Crippen LogP contribution in [0.1, 0.15) is 43.4 Å². The molecule has 0 aromatic heterocycles. The molecule has 0 amide bonds. The molecule has 0 spiro atoms. The lowest BCUT2D eigenvalue weighted by atomic mass is 9.88. The molecule has 112 valence electrons. The highest BCUT2D eigenvalue weighted by molar-refractivity contribution is 5.39. The highest BCUT2D eigenvalue weighted by Crippen LogP contribution is 2.33. The Bertz CT molecular complexity index is 413. The van der Waals surface area contributed by atoms with Crippen molar-refractivity contribution in [3.05, 3.63) is 29.3 Å². The molecule has 1 aliphatic rings. The van der Waals surface area contributed by atoms with Crippen LogP contribution in [0.4, 0.5) is 0 Å². The second kappa shape index (κ2) is 7.65. The van der Waals surface area contributed by atoms with E-state index in [2.05, 4.69) is 37.4 Å². The first-order valence-electron chi connectivity index (χ1n) is 7.70. The third kappa shape index (κ3) is 3.97. The molecule has 1 atom stereocenters. The van der Waals surface area contributed by atoms with Crippen molar-refractivity contribution in [2.75, 3.05) is 26.9 Å². The first-order valence-corrected chi connectivity index (χ1v) is 7.70. The van der Waals surface area contributed by atoms with Crippen LogP contribution in [0, 0.1) is 12.8 Å². The fraction of sp³-hybridized carbons (Fsp3) is 0.647. The number of benzene rings is 1. The third-order valence-corrected chi connectivity index (χ3v) is 4.12. The van der Waals surface area contributed by atoms with Crippen LogP contribution in [0.2, 0.25) is 0 Å². The molecule has 1 aromatic carbocycles. The molecule has 1 N–H and O–H groups in total. The Morgan fingerprint density at radius 2 is 2.10 bits per heavy atom. The first-order chi connectivity index (χ1) is 9.74. The van der Waals surface area contributed by atoms with Crippen LogP contribution in [0.15, 0.2) is 18.2 Å². The summed E-state index contributed by atoms with van der Waals surface area (Å²) in [5.41, 5.74) is 2.58. The highest BCUT2D eigenvalue weighted by Gasteiger charge is 2.22. The predicted octanol–water partition coefficient (Wildman–Crippen LogP) is 3.47. The standard InChI is InChI=1S/C17H27NO2/c1-4-18-16(12-14-7-9-20-10-8-14)15-11-13(2)5-6-17(15)19-3/h5-6,11,14,16,18H,4,7-10,12H2,1-3H3. The van der Waals surface area contributed by atoms with Crippen molar-refractivity contribution >= 4 is 0 Å². The monoisotopic (exact) mass is 277 g/mol. The molecule has 1 fully saturated rings. The third-order valence-electron chi connectivity index (χ3n) is 4.12. The zero-order chi connectivity index (χ0) is 14.4. The highest BCUT2D eigenvalue weighted by atomic mass is 16.5. The molecule has 3 heteroatoms. The molecular formula is C17H27NO2.